The van der Waals surface area contributed by atoms with Gasteiger partial charge in [-0.05, 0) is 45.4 Å². The number of carbonyl (C=O) groups is 1. The second-order valence-electron chi connectivity index (χ2n) is 5.81. The zero-order chi connectivity index (χ0) is 15.1. The van der Waals surface area contributed by atoms with E-state index in [1.54, 1.807) is 0 Å². The average molecular weight is 290 g/mol. The van der Waals surface area contributed by atoms with Gasteiger partial charge in [0, 0.05) is 24.3 Å². The lowest BCUT2D eigenvalue weighted by atomic mass is 9.98. The van der Waals surface area contributed by atoms with E-state index in [0.717, 1.165) is 50.6 Å². The number of amides is 2. The zero-order valence-corrected chi connectivity index (χ0v) is 12.8. The molecular formula is C16H26N4O. The molecule has 21 heavy (non-hydrogen) atoms. The summed E-state index contributed by atoms with van der Waals surface area (Å²) in [6.07, 6.45) is 11.9. The minimum Gasteiger partial charge on any atom is -0.336 e. The van der Waals surface area contributed by atoms with E-state index >= 15 is 0 Å². The Morgan fingerprint density at radius 2 is 2.52 bits per heavy atom. The molecule has 5 heteroatoms. The first-order chi connectivity index (χ1) is 10.2. The Balaban J connectivity index is 1.91. The van der Waals surface area contributed by atoms with E-state index in [4.69, 9.17) is 0 Å². The number of carbonyl (C=O) groups excluding carboxylic acids is 1. The van der Waals surface area contributed by atoms with Crippen LogP contribution in [0.3, 0.4) is 0 Å². The number of aromatic amines is 1. The van der Waals surface area contributed by atoms with Crippen molar-refractivity contribution in [3.63, 3.8) is 0 Å². The Morgan fingerprint density at radius 1 is 1.67 bits per heavy atom. The number of hydrogen-bond acceptors (Lipinski definition) is 2. The van der Waals surface area contributed by atoms with E-state index in [1.807, 2.05) is 23.4 Å². The third-order valence-electron chi connectivity index (χ3n) is 4.08. The number of H-pyrrole nitrogens is 1. The van der Waals surface area contributed by atoms with Crippen molar-refractivity contribution in [2.24, 2.45) is 0 Å². The molecule has 1 fully saturated rings. The van der Waals surface area contributed by atoms with Crippen molar-refractivity contribution < 1.29 is 4.79 Å². The van der Waals surface area contributed by atoms with E-state index in [9.17, 15) is 4.79 Å². The molecule has 1 aromatic heterocycles. The van der Waals surface area contributed by atoms with Gasteiger partial charge in [-0.25, -0.2) is 4.79 Å². The zero-order valence-electron chi connectivity index (χ0n) is 12.8. The topological polar surface area (TPSA) is 61.0 Å². The maximum Gasteiger partial charge on any atom is 0.318 e. The maximum absolute atomic E-state index is 12.5. The summed E-state index contributed by atoms with van der Waals surface area (Å²) in [6, 6.07) is 0.397. The number of piperidine rings is 1. The molecule has 0 radical (unpaired) electrons. The lowest BCUT2D eigenvalue weighted by molar-refractivity contribution is 0.148. The van der Waals surface area contributed by atoms with Crippen molar-refractivity contribution in [1.29, 1.82) is 0 Å². The van der Waals surface area contributed by atoms with Crippen LogP contribution in [0.2, 0.25) is 0 Å². The standard InChI is InChI=1S/C16H26N4O/c1-3-4-5-8-13(2)19-16(21)20-10-7-6-9-15(20)14-11-17-18-12-14/h3,11-13,15H,1,4-10H2,2H3,(H,17,18)(H,19,21)/t13-,15+/m1/s1. The molecule has 1 aliphatic rings. The smallest absolute Gasteiger partial charge is 0.318 e. The third-order valence-corrected chi connectivity index (χ3v) is 4.08. The first-order valence-electron chi connectivity index (χ1n) is 7.89. The summed E-state index contributed by atoms with van der Waals surface area (Å²) in [5, 5.41) is 9.98. The van der Waals surface area contributed by atoms with Gasteiger partial charge in [-0.15, -0.1) is 6.58 Å². The minimum absolute atomic E-state index is 0.0482. The van der Waals surface area contributed by atoms with Crippen LogP contribution in [0.4, 0.5) is 4.79 Å². The van der Waals surface area contributed by atoms with Gasteiger partial charge in [0.2, 0.25) is 0 Å². The highest BCUT2D eigenvalue weighted by atomic mass is 16.2. The molecule has 5 nitrogen and oxygen atoms in total. The fraction of sp³-hybridized carbons (Fsp3) is 0.625. The monoisotopic (exact) mass is 290 g/mol. The number of hydrogen-bond donors (Lipinski definition) is 2. The summed E-state index contributed by atoms with van der Waals surface area (Å²) in [5.74, 6) is 0. The number of aromatic nitrogens is 2. The molecule has 2 amide bonds. The van der Waals surface area contributed by atoms with E-state index < -0.39 is 0 Å². The Hall–Kier alpha value is -1.78. The highest BCUT2D eigenvalue weighted by molar-refractivity contribution is 5.75. The molecule has 2 rings (SSSR count). The molecule has 116 valence electrons. The van der Waals surface area contributed by atoms with Crippen molar-refractivity contribution in [1.82, 2.24) is 20.4 Å². The lowest BCUT2D eigenvalue weighted by Crippen LogP contribution is -2.47. The molecule has 1 aromatic rings. The lowest BCUT2D eigenvalue weighted by Gasteiger charge is -2.36. The molecule has 0 saturated carbocycles. The van der Waals surface area contributed by atoms with Crippen LogP contribution in [0.15, 0.2) is 25.0 Å². The molecule has 2 atom stereocenters. The number of nitrogens with one attached hydrogen (secondary N) is 2. The number of urea groups is 1. The highest BCUT2D eigenvalue weighted by Gasteiger charge is 2.28. The van der Waals surface area contributed by atoms with Gasteiger partial charge in [0.1, 0.15) is 0 Å². The second kappa shape index (κ2) is 7.86. The molecule has 0 unspecified atom stereocenters. The molecule has 0 bridgehead atoms. The Bertz CT molecular complexity index is 443. The maximum atomic E-state index is 12.5. The molecule has 2 heterocycles. The van der Waals surface area contributed by atoms with Crippen molar-refractivity contribution in [2.75, 3.05) is 6.54 Å². The van der Waals surface area contributed by atoms with E-state index in [-0.39, 0.29) is 18.1 Å². The molecule has 0 spiro atoms. The molecular weight excluding hydrogens is 264 g/mol. The van der Waals surface area contributed by atoms with Gasteiger partial charge in [0.05, 0.1) is 12.2 Å². The quantitative estimate of drug-likeness (QED) is 0.623. The Labute approximate surface area is 126 Å². The first-order valence-corrected chi connectivity index (χ1v) is 7.89. The number of rotatable bonds is 6. The summed E-state index contributed by atoms with van der Waals surface area (Å²) >= 11 is 0. The summed E-state index contributed by atoms with van der Waals surface area (Å²) in [4.78, 5) is 14.5. The predicted octanol–water partition coefficient (Wildman–Crippen LogP) is 3.39. The summed E-state index contributed by atoms with van der Waals surface area (Å²) < 4.78 is 0. The van der Waals surface area contributed by atoms with Crippen LogP contribution in [-0.4, -0.2) is 33.7 Å². The summed E-state index contributed by atoms with van der Waals surface area (Å²) in [5.41, 5.74) is 1.10. The Morgan fingerprint density at radius 3 is 3.24 bits per heavy atom. The van der Waals surface area contributed by atoms with Gasteiger partial charge < -0.3 is 10.2 Å². The van der Waals surface area contributed by atoms with Crippen LogP contribution in [0, 0.1) is 0 Å². The fourth-order valence-electron chi connectivity index (χ4n) is 2.90. The van der Waals surface area contributed by atoms with Crippen molar-refractivity contribution in [3.05, 3.63) is 30.6 Å². The van der Waals surface area contributed by atoms with Crippen molar-refractivity contribution in [2.45, 2.75) is 57.5 Å². The van der Waals surface area contributed by atoms with Gasteiger partial charge in [-0.2, -0.15) is 5.10 Å². The van der Waals surface area contributed by atoms with Crippen LogP contribution in [-0.2, 0) is 0 Å². The third kappa shape index (κ3) is 4.34. The van der Waals surface area contributed by atoms with Crippen molar-refractivity contribution >= 4 is 6.03 Å². The van der Waals surface area contributed by atoms with Gasteiger partial charge in [0.15, 0.2) is 0 Å². The fourth-order valence-corrected chi connectivity index (χ4v) is 2.90. The van der Waals surface area contributed by atoms with E-state index in [1.165, 1.54) is 0 Å². The van der Waals surface area contributed by atoms with Gasteiger partial charge in [0.25, 0.3) is 0 Å². The van der Waals surface area contributed by atoms with Crippen LogP contribution in [0.25, 0.3) is 0 Å². The van der Waals surface area contributed by atoms with E-state index in [2.05, 4.69) is 29.0 Å². The average Bonchev–Trinajstić information content (AvgIpc) is 3.01. The van der Waals surface area contributed by atoms with Crippen LogP contribution in [0.5, 0.6) is 0 Å². The minimum atomic E-state index is 0.0482. The molecule has 0 aromatic carbocycles. The molecule has 1 aliphatic heterocycles. The second-order valence-corrected chi connectivity index (χ2v) is 5.81. The largest absolute Gasteiger partial charge is 0.336 e. The number of nitrogens with zero attached hydrogens (tertiary/aromatic N) is 2. The SMILES string of the molecule is C=CCCC[C@@H](C)NC(=O)N1CCCC[C@H]1c1cn[nH]c1. The van der Waals surface area contributed by atoms with Crippen LogP contribution >= 0.6 is 0 Å². The molecule has 2 N–H and O–H groups in total. The van der Waals surface area contributed by atoms with Crippen molar-refractivity contribution in [3.8, 4) is 0 Å². The van der Waals surface area contributed by atoms with Gasteiger partial charge >= 0.3 is 6.03 Å². The summed E-state index contributed by atoms with van der Waals surface area (Å²) in [7, 11) is 0. The normalized spacial score (nSPS) is 20.0. The predicted molar refractivity (Wildman–Crippen MR) is 83.9 cm³/mol. The molecule has 0 aliphatic carbocycles. The number of allylic oxidation sites excluding steroid dienone is 1. The highest BCUT2D eigenvalue weighted by Crippen LogP contribution is 2.30. The number of likely N-dealkylation sites (tertiary alicyclic amines) is 1. The van der Waals surface area contributed by atoms with Gasteiger partial charge in [-0.3, -0.25) is 5.10 Å². The van der Waals surface area contributed by atoms with Crippen LogP contribution in [0.1, 0.15) is 57.1 Å². The first kappa shape index (κ1) is 15.6. The van der Waals surface area contributed by atoms with E-state index in [0.29, 0.717) is 0 Å². The Kier molecular flexibility index (Phi) is 5.84. The number of unbranched alkanes of at least 4 members (excludes halogenated alkanes) is 1. The van der Waals surface area contributed by atoms with Gasteiger partial charge in [-0.1, -0.05) is 6.08 Å². The van der Waals surface area contributed by atoms with Crippen LogP contribution < -0.4 is 5.32 Å². The summed E-state index contributed by atoms with van der Waals surface area (Å²) in [6.45, 7) is 6.61. The molecule has 1 saturated heterocycles.